The molecule has 0 bridgehead atoms. The van der Waals surface area contributed by atoms with Crippen LogP contribution in [0.3, 0.4) is 0 Å². The molecule has 1 N–H and O–H groups in total. The van der Waals surface area contributed by atoms with Crippen molar-refractivity contribution < 1.29 is 23.1 Å². The van der Waals surface area contributed by atoms with E-state index in [-0.39, 0.29) is 11.1 Å². The van der Waals surface area contributed by atoms with Gasteiger partial charge in [-0.1, -0.05) is 44.0 Å². The summed E-state index contributed by atoms with van der Waals surface area (Å²) in [5.41, 5.74) is -2.19. The van der Waals surface area contributed by atoms with Crippen molar-refractivity contribution in [2.45, 2.75) is 50.9 Å². The molecule has 0 unspecified atom stereocenters. The van der Waals surface area contributed by atoms with Gasteiger partial charge in [-0.05, 0) is 30.5 Å². The van der Waals surface area contributed by atoms with Gasteiger partial charge in [-0.25, -0.2) is 0 Å². The molecule has 0 radical (unpaired) electrons. The number of hydrazone groups is 1. The zero-order chi connectivity index (χ0) is 21.1. The van der Waals surface area contributed by atoms with E-state index in [4.69, 9.17) is 0 Å². The number of alkyl halides is 3. The number of carbonyl (C=O) groups excluding carboxylic acids is 1. The highest BCUT2D eigenvalue weighted by atomic mass is 19.4. The average molecular weight is 405 g/mol. The molecule has 2 heterocycles. The lowest BCUT2D eigenvalue weighted by Gasteiger charge is -2.31. The number of amides is 1. The second kappa shape index (κ2) is 8.32. The number of nitrogens with zero attached hydrogens (tertiary/aromatic N) is 3. The molecule has 1 amide bonds. The van der Waals surface area contributed by atoms with Gasteiger partial charge in [-0.2, -0.15) is 23.3 Å². The van der Waals surface area contributed by atoms with Crippen LogP contribution in [-0.2, 0) is 12.1 Å². The van der Waals surface area contributed by atoms with E-state index in [1.807, 2.05) is 0 Å². The summed E-state index contributed by atoms with van der Waals surface area (Å²) in [7, 11) is 0. The van der Waals surface area contributed by atoms with E-state index in [2.05, 4.69) is 17.0 Å². The molecular weight excluding hydrogens is 383 g/mol. The van der Waals surface area contributed by atoms with Gasteiger partial charge in [-0.15, -0.1) is 0 Å². The van der Waals surface area contributed by atoms with Crippen LogP contribution in [0.15, 0.2) is 53.9 Å². The summed E-state index contributed by atoms with van der Waals surface area (Å²) in [6.45, 7) is 2.10. The molecule has 0 aliphatic carbocycles. The third kappa shape index (κ3) is 4.48. The molecule has 0 saturated heterocycles. The minimum absolute atomic E-state index is 0.0364. The Morgan fingerprint density at radius 2 is 1.93 bits per heavy atom. The Kier molecular flexibility index (Phi) is 6.02. The number of carbonyl (C=O) groups is 1. The van der Waals surface area contributed by atoms with Gasteiger partial charge in [-0.3, -0.25) is 9.78 Å². The van der Waals surface area contributed by atoms with Crippen LogP contribution in [0, 0.1) is 0 Å². The molecule has 0 saturated carbocycles. The molecule has 2 aromatic rings. The summed E-state index contributed by atoms with van der Waals surface area (Å²) in [6, 6.07) is 9.54. The first-order valence-electron chi connectivity index (χ1n) is 9.47. The summed E-state index contributed by atoms with van der Waals surface area (Å²) in [6.07, 6.45) is 1.09. The molecule has 5 nitrogen and oxygen atoms in total. The summed E-state index contributed by atoms with van der Waals surface area (Å²) in [5, 5.41) is 15.1. The summed E-state index contributed by atoms with van der Waals surface area (Å²) < 4.78 is 39.9. The van der Waals surface area contributed by atoms with Gasteiger partial charge in [0.1, 0.15) is 5.71 Å². The summed E-state index contributed by atoms with van der Waals surface area (Å²) in [5.74, 6) is -0.855. The van der Waals surface area contributed by atoms with Crippen LogP contribution in [-0.4, -0.2) is 32.9 Å². The van der Waals surface area contributed by atoms with Crippen LogP contribution >= 0.6 is 0 Å². The van der Waals surface area contributed by atoms with Gasteiger partial charge in [0.05, 0.1) is 12.0 Å². The lowest BCUT2D eigenvalue weighted by atomic mass is 9.94. The molecule has 3 rings (SSSR count). The van der Waals surface area contributed by atoms with E-state index < -0.39 is 29.9 Å². The molecule has 8 heteroatoms. The van der Waals surface area contributed by atoms with E-state index in [0.717, 1.165) is 31.2 Å². The molecule has 0 fully saturated rings. The quantitative estimate of drug-likeness (QED) is 0.724. The summed E-state index contributed by atoms with van der Waals surface area (Å²) in [4.78, 5) is 16.6. The van der Waals surface area contributed by atoms with Crippen molar-refractivity contribution in [3.05, 3.63) is 65.5 Å². The van der Waals surface area contributed by atoms with Gasteiger partial charge in [0, 0.05) is 18.0 Å². The minimum Gasteiger partial charge on any atom is -0.365 e. The number of benzene rings is 1. The molecule has 1 aliphatic rings. The second-order valence-electron chi connectivity index (χ2n) is 7.05. The number of aliphatic hydroxyl groups is 1. The Hall–Kier alpha value is -2.74. The van der Waals surface area contributed by atoms with Crippen LogP contribution < -0.4 is 0 Å². The molecule has 154 valence electrons. The first-order chi connectivity index (χ1) is 13.8. The third-order valence-corrected chi connectivity index (χ3v) is 4.90. The molecule has 0 spiro atoms. The van der Waals surface area contributed by atoms with Crippen LogP contribution in [0.2, 0.25) is 0 Å². The van der Waals surface area contributed by atoms with Crippen molar-refractivity contribution in [1.82, 2.24) is 9.99 Å². The number of hydrogen-bond acceptors (Lipinski definition) is 4. The van der Waals surface area contributed by atoms with Crippen LogP contribution in [0.25, 0.3) is 0 Å². The van der Waals surface area contributed by atoms with E-state index in [1.165, 1.54) is 24.5 Å². The minimum atomic E-state index is -4.75. The molecule has 1 aromatic heterocycles. The van der Waals surface area contributed by atoms with Crippen LogP contribution in [0.5, 0.6) is 0 Å². The lowest BCUT2D eigenvalue weighted by molar-refractivity contribution is -0.0816. The van der Waals surface area contributed by atoms with Gasteiger partial charge in [0.25, 0.3) is 5.91 Å². The fourth-order valence-electron chi connectivity index (χ4n) is 3.27. The SMILES string of the molecule is CCCCCc1ccc([C@@]2(O)CC(C(F)(F)F)=NN2C(=O)c2cccnc2)cc1. The second-order valence-corrected chi connectivity index (χ2v) is 7.05. The largest absolute Gasteiger partial charge is 0.431 e. The number of aryl methyl sites for hydroxylation is 1. The highest BCUT2D eigenvalue weighted by molar-refractivity contribution is 5.99. The number of rotatable bonds is 6. The highest BCUT2D eigenvalue weighted by Gasteiger charge is 2.53. The van der Waals surface area contributed by atoms with Crippen molar-refractivity contribution in [1.29, 1.82) is 0 Å². The van der Waals surface area contributed by atoms with Crippen molar-refractivity contribution in [2.75, 3.05) is 0 Å². The van der Waals surface area contributed by atoms with Crippen molar-refractivity contribution in [2.24, 2.45) is 5.10 Å². The predicted octanol–water partition coefficient (Wildman–Crippen LogP) is 4.42. The number of halogens is 3. The van der Waals surface area contributed by atoms with E-state index in [0.29, 0.717) is 5.01 Å². The molecule has 1 aliphatic heterocycles. The molecular formula is C21H22F3N3O2. The van der Waals surface area contributed by atoms with Crippen molar-refractivity contribution in [3.63, 3.8) is 0 Å². The van der Waals surface area contributed by atoms with E-state index >= 15 is 0 Å². The van der Waals surface area contributed by atoms with Crippen molar-refractivity contribution >= 4 is 11.6 Å². The fraction of sp³-hybridized carbons (Fsp3) is 0.381. The van der Waals surface area contributed by atoms with Gasteiger partial charge >= 0.3 is 6.18 Å². The Morgan fingerprint density at radius 1 is 1.21 bits per heavy atom. The maximum absolute atomic E-state index is 13.3. The Balaban J connectivity index is 1.93. The smallest absolute Gasteiger partial charge is 0.365 e. The monoisotopic (exact) mass is 405 g/mol. The normalized spacial score (nSPS) is 19.3. The molecule has 29 heavy (non-hydrogen) atoms. The lowest BCUT2D eigenvalue weighted by Crippen LogP contribution is -2.43. The number of unbranched alkanes of at least 4 members (excludes halogenated alkanes) is 2. The zero-order valence-electron chi connectivity index (χ0n) is 16.0. The number of aromatic nitrogens is 1. The zero-order valence-corrected chi connectivity index (χ0v) is 16.0. The number of hydrogen-bond donors (Lipinski definition) is 1. The maximum Gasteiger partial charge on any atom is 0.431 e. The Labute approximate surface area is 166 Å². The van der Waals surface area contributed by atoms with Gasteiger partial charge < -0.3 is 5.11 Å². The maximum atomic E-state index is 13.3. The van der Waals surface area contributed by atoms with E-state index in [1.54, 1.807) is 24.3 Å². The standard InChI is InChI=1S/C21H22F3N3O2/c1-2-3-4-6-15-8-10-17(11-9-15)20(29)13-18(21(22,23)24)26-27(20)19(28)16-7-5-12-25-14-16/h5,7-12,14,29H,2-4,6,13H2,1H3/t20-/m0/s1. The first kappa shape index (κ1) is 21.0. The Morgan fingerprint density at radius 3 is 2.52 bits per heavy atom. The fourth-order valence-corrected chi connectivity index (χ4v) is 3.27. The number of pyridine rings is 1. The topological polar surface area (TPSA) is 65.8 Å². The average Bonchev–Trinajstić information content (AvgIpc) is 3.08. The first-order valence-corrected chi connectivity index (χ1v) is 9.47. The van der Waals surface area contributed by atoms with Crippen molar-refractivity contribution in [3.8, 4) is 0 Å². The van der Waals surface area contributed by atoms with Crippen LogP contribution in [0.4, 0.5) is 13.2 Å². The Bertz CT molecular complexity index is 882. The molecule has 1 aromatic carbocycles. The summed E-state index contributed by atoms with van der Waals surface area (Å²) >= 11 is 0. The highest BCUT2D eigenvalue weighted by Crippen LogP contribution is 2.40. The van der Waals surface area contributed by atoms with Crippen LogP contribution in [0.1, 0.15) is 54.1 Å². The van der Waals surface area contributed by atoms with Gasteiger partial charge in [0.2, 0.25) is 0 Å². The van der Waals surface area contributed by atoms with Gasteiger partial charge in [0.15, 0.2) is 5.72 Å². The predicted molar refractivity (Wildman–Crippen MR) is 102 cm³/mol. The van der Waals surface area contributed by atoms with E-state index in [9.17, 15) is 23.1 Å². The third-order valence-electron chi connectivity index (χ3n) is 4.90. The molecule has 1 atom stereocenters.